The molecule has 0 spiro atoms. The Hall–Kier alpha value is -1.36. The highest BCUT2D eigenvalue weighted by atomic mass is 79.9. The molecule has 0 unspecified atom stereocenters. The van der Waals surface area contributed by atoms with Gasteiger partial charge in [0, 0.05) is 19.4 Å². The second-order valence-corrected chi connectivity index (χ2v) is 4.33. The summed E-state index contributed by atoms with van der Waals surface area (Å²) in [5, 5.41) is 7.64. The van der Waals surface area contributed by atoms with Gasteiger partial charge in [0.2, 0.25) is 0 Å². The largest absolute Gasteiger partial charge is 0.336 e. The maximum absolute atomic E-state index is 4.37. The van der Waals surface area contributed by atoms with E-state index in [4.69, 9.17) is 0 Å². The molecule has 0 aromatic carbocycles. The minimum Gasteiger partial charge on any atom is -0.336 e. The first kappa shape index (κ1) is 11.1. The van der Waals surface area contributed by atoms with Gasteiger partial charge in [-0.3, -0.25) is 4.68 Å². The highest BCUT2D eigenvalue weighted by Crippen LogP contribution is 2.24. The minimum absolute atomic E-state index is 0.810. The van der Waals surface area contributed by atoms with Crippen LogP contribution in [-0.2, 0) is 13.5 Å². The lowest BCUT2D eigenvalue weighted by molar-refractivity contribution is 0.746. The van der Waals surface area contributed by atoms with E-state index >= 15 is 0 Å². The van der Waals surface area contributed by atoms with Crippen molar-refractivity contribution in [3.05, 3.63) is 34.7 Å². The maximum Gasteiger partial charge on any atom is 0.144 e. The zero-order valence-electron chi connectivity index (χ0n) is 9.24. The summed E-state index contributed by atoms with van der Waals surface area (Å²) in [7, 11) is 1.91. The fraction of sp³-hybridized carbons (Fsp3) is 0.273. The molecule has 0 fully saturated rings. The Bertz CT molecular complexity index is 492. The number of nitrogens with zero attached hydrogens (tertiary/aromatic N) is 3. The quantitative estimate of drug-likeness (QED) is 0.940. The molecule has 0 saturated carbocycles. The Morgan fingerprint density at radius 2 is 2.31 bits per heavy atom. The molecule has 0 aliphatic carbocycles. The number of aromatic nitrogens is 3. The van der Waals surface area contributed by atoms with Gasteiger partial charge in [0.1, 0.15) is 5.82 Å². The number of aryl methyl sites for hydroxylation is 2. The summed E-state index contributed by atoms with van der Waals surface area (Å²) >= 11 is 3.45. The van der Waals surface area contributed by atoms with Crippen molar-refractivity contribution in [1.82, 2.24) is 14.8 Å². The first-order valence-corrected chi connectivity index (χ1v) is 5.90. The SMILES string of the molecule is CCc1nn(C)cc1Nc1ncccc1Br. The lowest BCUT2D eigenvalue weighted by Crippen LogP contribution is -1.96. The highest BCUT2D eigenvalue weighted by molar-refractivity contribution is 9.10. The molecule has 16 heavy (non-hydrogen) atoms. The molecule has 5 heteroatoms. The number of hydrogen-bond acceptors (Lipinski definition) is 3. The molecule has 4 nitrogen and oxygen atoms in total. The molecule has 84 valence electrons. The van der Waals surface area contributed by atoms with Crippen molar-refractivity contribution in [2.24, 2.45) is 7.05 Å². The molecular weight excluding hydrogens is 268 g/mol. The van der Waals surface area contributed by atoms with E-state index in [2.05, 4.69) is 38.3 Å². The second kappa shape index (κ2) is 4.65. The van der Waals surface area contributed by atoms with E-state index in [9.17, 15) is 0 Å². The van der Waals surface area contributed by atoms with Crippen LogP contribution in [0.4, 0.5) is 11.5 Å². The number of halogens is 1. The third-order valence-electron chi connectivity index (χ3n) is 2.25. The summed E-state index contributed by atoms with van der Waals surface area (Å²) < 4.78 is 2.75. The van der Waals surface area contributed by atoms with Crippen LogP contribution in [0.1, 0.15) is 12.6 Å². The van der Waals surface area contributed by atoms with E-state index in [0.29, 0.717) is 0 Å². The van der Waals surface area contributed by atoms with Crippen LogP contribution in [0, 0.1) is 0 Å². The fourth-order valence-electron chi connectivity index (χ4n) is 1.51. The molecule has 0 saturated heterocycles. The van der Waals surface area contributed by atoms with Crippen LogP contribution in [0.15, 0.2) is 29.0 Å². The number of rotatable bonds is 3. The van der Waals surface area contributed by atoms with Crippen molar-refractivity contribution in [1.29, 1.82) is 0 Å². The predicted molar refractivity (Wildman–Crippen MR) is 67.8 cm³/mol. The van der Waals surface area contributed by atoms with Gasteiger partial charge in [-0.05, 0) is 34.5 Å². The van der Waals surface area contributed by atoms with Gasteiger partial charge in [0.05, 0.1) is 15.9 Å². The molecule has 0 radical (unpaired) electrons. The van der Waals surface area contributed by atoms with Crippen LogP contribution in [0.25, 0.3) is 0 Å². The molecule has 0 aliphatic rings. The standard InChI is InChI=1S/C11H13BrN4/c1-3-9-10(7-16(2)15-9)14-11-8(12)5-4-6-13-11/h4-7H,3H2,1-2H3,(H,13,14). The lowest BCUT2D eigenvalue weighted by atomic mass is 10.3. The average molecular weight is 281 g/mol. The lowest BCUT2D eigenvalue weighted by Gasteiger charge is -2.05. The van der Waals surface area contributed by atoms with Gasteiger partial charge in [-0.25, -0.2) is 4.98 Å². The summed E-state index contributed by atoms with van der Waals surface area (Å²) in [5.74, 6) is 0.810. The topological polar surface area (TPSA) is 42.7 Å². The van der Waals surface area contributed by atoms with Gasteiger partial charge in [-0.15, -0.1) is 0 Å². The van der Waals surface area contributed by atoms with Gasteiger partial charge in [-0.1, -0.05) is 6.92 Å². The molecule has 1 N–H and O–H groups in total. The van der Waals surface area contributed by atoms with Crippen LogP contribution in [-0.4, -0.2) is 14.8 Å². The number of anilines is 2. The zero-order chi connectivity index (χ0) is 11.5. The Kier molecular flexibility index (Phi) is 3.24. The second-order valence-electron chi connectivity index (χ2n) is 3.48. The summed E-state index contributed by atoms with van der Waals surface area (Å²) in [5.41, 5.74) is 2.05. The zero-order valence-corrected chi connectivity index (χ0v) is 10.8. The van der Waals surface area contributed by atoms with Crippen molar-refractivity contribution in [2.75, 3.05) is 5.32 Å². The van der Waals surface area contributed by atoms with Crippen molar-refractivity contribution >= 4 is 27.4 Å². The molecule has 0 amide bonds. The number of hydrogen-bond donors (Lipinski definition) is 1. The van der Waals surface area contributed by atoms with Crippen LogP contribution in [0.3, 0.4) is 0 Å². The summed E-state index contributed by atoms with van der Waals surface area (Å²) in [6.45, 7) is 2.08. The van der Waals surface area contributed by atoms with Crippen molar-refractivity contribution < 1.29 is 0 Å². The Balaban J connectivity index is 2.30. The van der Waals surface area contributed by atoms with E-state index in [0.717, 1.165) is 28.1 Å². The van der Waals surface area contributed by atoms with E-state index in [1.807, 2.05) is 25.4 Å². The highest BCUT2D eigenvalue weighted by Gasteiger charge is 2.07. The van der Waals surface area contributed by atoms with Gasteiger partial charge in [0.25, 0.3) is 0 Å². The van der Waals surface area contributed by atoms with E-state index in [-0.39, 0.29) is 0 Å². The van der Waals surface area contributed by atoms with Crippen molar-refractivity contribution in [3.8, 4) is 0 Å². The molecule has 2 heterocycles. The van der Waals surface area contributed by atoms with Gasteiger partial charge < -0.3 is 5.32 Å². The minimum atomic E-state index is 0.810. The van der Waals surface area contributed by atoms with Gasteiger partial charge >= 0.3 is 0 Å². The third-order valence-corrected chi connectivity index (χ3v) is 2.89. The maximum atomic E-state index is 4.37. The number of nitrogens with one attached hydrogen (secondary N) is 1. The summed E-state index contributed by atoms with van der Waals surface area (Å²) in [6.07, 6.45) is 4.61. The molecular formula is C11H13BrN4. The Morgan fingerprint density at radius 3 is 3.00 bits per heavy atom. The molecule has 2 aromatic rings. The van der Waals surface area contributed by atoms with Crippen LogP contribution in [0.2, 0.25) is 0 Å². The van der Waals surface area contributed by atoms with Gasteiger partial charge in [0.15, 0.2) is 0 Å². The Morgan fingerprint density at radius 1 is 1.50 bits per heavy atom. The van der Waals surface area contributed by atoms with E-state index in [1.165, 1.54) is 0 Å². The van der Waals surface area contributed by atoms with E-state index in [1.54, 1.807) is 10.9 Å². The smallest absolute Gasteiger partial charge is 0.144 e. The molecule has 0 aliphatic heterocycles. The molecule has 0 atom stereocenters. The van der Waals surface area contributed by atoms with Crippen molar-refractivity contribution in [2.45, 2.75) is 13.3 Å². The van der Waals surface area contributed by atoms with Crippen LogP contribution >= 0.6 is 15.9 Å². The predicted octanol–water partition coefficient (Wildman–Crippen LogP) is 2.88. The first-order valence-electron chi connectivity index (χ1n) is 5.10. The monoisotopic (exact) mass is 280 g/mol. The summed E-state index contributed by atoms with van der Waals surface area (Å²) in [6, 6.07) is 3.84. The van der Waals surface area contributed by atoms with Crippen LogP contribution < -0.4 is 5.32 Å². The van der Waals surface area contributed by atoms with Gasteiger partial charge in [-0.2, -0.15) is 5.10 Å². The first-order chi connectivity index (χ1) is 7.70. The van der Waals surface area contributed by atoms with E-state index < -0.39 is 0 Å². The average Bonchev–Trinajstić information content (AvgIpc) is 2.62. The normalized spacial score (nSPS) is 10.4. The molecule has 0 bridgehead atoms. The van der Waals surface area contributed by atoms with Crippen molar-refractivity contribution in [3.63, 3.8) is 0 Å². The number of pyridine rings is 1. The molecule has 2 rings (SSSR count). The molecule has 2 aromatic heterocycles. The van der Waals surface area contributed by atoms with Crippen LogP contribution in [0.5, 0.6) is 0 Å². The summed E-state index contributed by atoms with van der Waals surface area (Å²) in [4.78, 5) is 4.26. The Labute approximate surface area is 103 Å². The third kappa shape index (κ3) is 2.24. The fourth-order valence-corrected chi connectivity index (χ4v) is 1.86.